The molecule has 2 aliphatic heterocycles. The van der Waals surface area contributed by atoms with E-state index in [0.29, 0.717) is 6.67 Å². The second-order valence-electron chi connectivity index (χ2n) is 8.39. The zero-order valence-corrected chi connectivity index (χ0v) is 18.4. The molecule has 0 saturated carbocycles. The van der Waals surface area contributed by atoms with Crippen molar-refractivity contribution in [1.29, 1.82) is 0 Å². The molecule has 0 bridgehead atoms. The van der Waals surface area contributed by atoms with Crippen LogP contribution in [0.15, 0.2) is 66.1 Å². The van der Waals surface area contributed by atoms with Gasteiger partial charge in [-0.1, -0.05) is 13.0 Å². The maximum absolute atomic E-state index is 4.93. The minimum absolute atomic E-state index is 0.624. The molecule has 0 aliphatic carbocycles. The van der Waals surface area contributed by atoms with E-state index in [1.165, 1.54) is 22.3 Å². The molecule has 160 valence electrons. The van der Waals surface area contributed by atoms with Crippen LogP contribution in [-0.4, -0.2) is 60.1 Å². The number of aryl methyl sites for hydroxylation is 1. The van der Waals surface area contributed by atoms with Gasteiger partial charge in [0.25, 0.3) is 0 Å². The van der Waals surface area contributed by atoms with Crippen molar-refractivity contribution in [3.63, 3.8) is 0 Å². The van der Waals surface area contributed by atoms with Crippen molar-refractivity contribution >= 4 is 28.1 Å². The van der Waals surface area contributed by atoms with E-state index in [9.17, 15) is 0 Å². The first-order chi connectivity index (χ1) is 15.2. The van der Waals surface area contributed by atoms with Crippen LogP contribution in [0.2, 0.25) is 0 Å². The number of rotatable bonds is 5. The minimum Gasteiger partial charge on any atom is -0.369 e. The van der Waals surface area contributed by atoms with Crippen molar-refractivity contribution in [3.05, 3.63) is 66.6 Å². The Morgan fingerprint density at radius 1 is 1.00 bits per heavy atom. The lowest BCUT2D eigenvalue weighted by Crippen LogP contribution is -2.44. The molecule has 2 aromatic heterocycles. The lowest BCUT2D eigenvalue weighted by atomic mass is 10.1. The summed E-state index contributed by atoms with van der Waals surface area (Å²) >= 11 is 0. The molecule has 0 radical (unpaired) electrons. The molecule has 0 unspecified atom stereocenters. The van der Waals surface area contributed by atoms with Crippen LogP contribution in [0.3, 0.4) is 0 Å². The third-order valence-corrected chi connectivity index (χ3v) is 6.21. The van der Waals surface area contributed by atoms with Crippen molar-refractivity contribution in [2.45, 2.75) is 19.9 Å². The normalized spacial score (nSPS) is 17.4. The van der Waals surface area contributed by atoms with Crippen LogP contribution in [0.25, 0.3) is 11.0 Å². The first-order valence-corrected chi connectivity index (χ1v) is 11.2. The van der Waals surface area contributed by atoms with Gasteiger partial charge >= 0.3 is 0 Å². The quantitative estimate of drug-likeness (QED) is 0.633. The summed E-state index contributed by atoms with van der Waals surface area (Å²) in [5.41, 5.74) is 5.71. The maximum Gasteiger partial charge on any atom is 0.140 e. The predicted octanol–water partition coefficient (Wildman–Crippen LogP) is 3.98. The largest absolute Gasteiger partial charge is 0.369 e. The van der Waals surface area contributed by atoms with Gasteiger partial charge in [0.2, 0.25) is 0 Å². The molecule has 0 amide bonds. The highest BCUT2D eigenvalue weighted by Gasteiger charge is 2.18. The summed E-state index contributed by atoms with van der Waals surface area (Å²) in [5.74, 6) is 0. The fraction of sp³-hybridized carbons (Fsp3) is 0.360. The number of anilines is 2. The Balaban J connectivity index is 1.36. The molecule has 2 aliphatic rings. The number of pyridine rings is 1. The Kier molecular flexibility index (Phi) is 5.47. The average Bonchev–Trinajstić information content (AvgIpc) is 3.19. The molecule has 0 spiro atoms. The first kappa shape index (κ1) is 19.8. The molecule has 4 heterocycles. The van der Waals surface area contributed by atoms with E-state index in [-0.39, 0.29) is 0 Å². The molecule has 1 saturated heterocycles. The zero-order chi connectivity index (χ0) is 21.2. The van der Waals surface area contributed by atoms with Crippen molar-refractivity contribution in [2.24, 2.45) is 4.99 Å². The Bertz CT molecular complexity index is 1120. The highest BCUT2D eigenvalue weighted by Crippen LogP contribution is 2.27. The van der Waals surface area contributed by atoms with E-state index in [1.54, 1.807) is 0 Å². The molecule has 5 rings (SSSR count). The molecule has 6 nitrogen and oxygen atoms in total. The van der Waals surface area contributed by atoms with Gasteiger partial charge in [0.1, 0.15) is 12.3 Å². The number of aliphatic imine (C=N–C) groups is 1. The number of aromatic nitrogens is 2. The number of hydrogen-bond acceptors (Lipinski definition) is 5. The SMILES string of the molecule is CCCn1cc(C2=NCN(c3cccc(N4CCN(C)CC4)c3)C=C2)c2cccnc21. The summed E-state index contributed by atoms with van der Waals surface area (Å²) in [6.07, 6.45) is 9.44. The van der Waals surface area contributed by atoms with Crippen LogP contribution in [0.5, 0.6) is 0 Å². The van der Waals surface area contributed by atoms with Crippen LogP contribution in [0.4, 0.5) is 11.4 Å². The van der Waals surface area contributed by atoms with E-state index in [2.05, 4.69) is 87.0 Å². The van der Waals surface area contributed by atoms with Gasteiger partial charge in [0.05, 0.1) is 5.71 Å². The lowest BCUT2D eigenvalue weighted by molar-refractivity contribution is 0.313. The van der Waals surface area contributed by atoms with Gasteiger partial charge in [-0.3, -0.25) is 4.99 Å². The van der Waals surface area contributed by atoms with Gasteiger partial charge in [-0.2, -0.15) is 0 Å². The van der Waals surface area contributed by atoms with Crippen LogP contribution in [-0.2, 0) is 6.54 Å². The highest BCUT2D eigenvalue weighted by atomic mass is 15.3. The van der Waals surface area contributed by atoms with Gasteiger partial charge in [-0.15, -0.1) is 0 Å². The molecule has 6 heteroatoms. The number of benzene rings is 1. The fourth-order valence-electron chi connectivity index (χ4n) is 4.43. The Labute approximate surface area is 184 Å². The highest BCUT2D eigenvalue weighted by molar-refractivity contribution is 6.16. The molecule has 0 atom stereocenters. The summed E-state index contributed by atoms with van der Waals surface area (Å²) < 4.78 is 2.24. The Hall–Kier alpha value is -3.12. The first-order valence-electron chi connectivity index (χ1n) is 11.2. The fourth-order valence-corrected chi connectivity index (χ4v) is 4.43. The summed E-state index contributed by atoms with van der Waals surface area (Å²) in [5, 5.41) is 1.17. The standard InChI is InChI=1S/C25H30N6/c1-3-11-30-18-23(22-8-5-10-26-25(22)30)24-9-12-31(19-27-24)21-7-4-6-20(17-21)29-15-13-28(2)14-16-29/h4-10,12,17-18H,3,11,13-16,19H2,1-2H3. The maximum atomic E-state index is 4.93. The molecule has 3 aromatic rings. The Morgan fingerprint density at radius 3 is 2.61 bits per heavy atom. The van der Waals surface area contributed by atoms with Gasteiger partial charge in [0, 0.05) is 73.6 Å². The van der Waals surface area contributed by atoms with Gasteiger partial charge in [-0.05, 0) is 49.9 Å². The summed E-state index contributed by atoms with van der Waals surface area (Å²) in [4.78, 5) is 16.6. The monoisotopic (exact) mass is 414 g/mol. The third kappa shape index (κ3) is 3.95. The van der Waals surface area contributed by atoms with Crippen LogP contribution in [0.1, 0.15) is 18.9 Å². The van der Waals surface area contributed by atoms with E-state index in [4.69, 9.17) is 4.99 Å². The van der Waals surface area contributed by atoms with E-state index in [1.807, 2.05) is 12.3 Å². The van der Waals surface area contributed by atoms with Crippen molar-refractivity contribution in [2.75, 3.05) is 49.7 Å². The summed E-state index contributed by atoms with van der Waals surface area (Å²) in [7, 11) is 2.19. The number of nitrogens with zero attached hydrogens (tertiary/aromatic N) is 6. The number of allylic oxidation sites excluding steroid dienone is 1. The van der Waals surface area contributed by atoms with E-state index < -0.39 is 0 Å². The van der Waals surface area contributed by atoms with Crippen LogP contribution < -0.4 is 9.80 Å². The predicted molar refractivity (Wildman–Crippen MR) is 129 cm³/mol. The van der Waals surface area contributed by atoms with Crippen molar-refractivity contribution in [3.8, 4) is 0 Å². The van der Waals surface area contributed by atoms with Gasteiger partial charge < -0.3 is 19.3 Å². The second-order valence-corrected chi connectivity index (χ2v) is 8.39. The number of fused-ring (bicyclic) bond motifs is 1. The molecule has 31 heavy (non-hydrogen) atoms. The third-order valence-electron chi connectivity index (χ3n) is 6.21. The summed E-state index contributed by atoms with van der Waals surface area (Å²) in [6.45, 7) is 8.17. The molecule has 0 N–H and O–H groups in total. The van der Waals surface area contributed by atoms with E-state index in [0.717, 1.165) is 50.5 Å². The van der Waals surface area contributed by atoms with Crippen molar-refractivity contribution in [1.82, 2.24) is 14.5 Å². The molecule has 1 aromatic carbocycles. The molecule has 1 fully saturated rings. The summed E-state index contributed by atoms with van der Waals surface area (Å²) in [6, 6.07) is 13.0. The molecular formula is C25H30N6. The van der Waals surface area contributed by atoms with Gasteiger partial charge in [-0.25, -0.2) is 4.98 Å². The van der Waals surface area contributed by atoms with E-state index >= 15 is 0 Å². The smallest absolute Gasteiger partial charge is 0.140 e. The van der Waals surface area contributed by atoms with Crippen LogP contribution in [0, 0.1) is 0 Å². The Morgan fingerprint density at radius 2 is 1.84 bits per heavy atom. The zero-order valence-electron chi connectivity index (χ0n) is 18.4. The van der Waals surface area contributed by atoms with Crippen LogP contribution >= 0.6 is 0 Å². The topological polar surface area (TPSA) is 39.9 Å². The molecular weight excluding hydrogens is 384 g/mol. The minimum atomic E-state index is 0.624. The second kappa shape index (κ2) is 8.55. The van der Waals surface area contributed by atoms with Crippen molar-refractivity contribution < 1.29 is 0 Å². The number of hydrogen-bond donors (Lipinski definition) is 0. The lowest BCUT2D eigenvalue weighted by Gasteiger charge is -2.34. The number of likely N-dealkylation sites (N-methyl/N-ethyl adjacent to an activating group) is 1. The average molecular weight is 415 g/mol. The number of piperazine rings is 1. The van der Waals surface area contributed by atoms with Gasteiger partial charge in [0.15, 0.2) is 0 Å².